The molecule has 0 aromatic heterocycles. The molecule has 96 valence electrons. The molecule has 0 fully saturated rings. The number of halogens is 1. The molecule has 0 heterocycles. The number of aromatic carboxylic acids is 1. The molecular formula is C14H10INO3. The van der Waals surface area contributed by atoms with Crippen molar-refractivity contribution in [2.45, 2.75) is 0 Å². The molecule has 0 unspecified atom stereocenters. The molecule has 0 saturated heterocycles. The Labute approximate surface area is 123 Å². The Balaban J connectivity index is 2.29. The summed E-state index contributed by atoms with van der Waals surface area (Å²) in [6.45, 7) is 0. The minimum absolute atomic E-state index is 0.000684. The van der Waals surface area contributed by atoms with Gasteiger partial charge in [-0.15, -0.1) is 0 Å². The molecule has 0 aliphatic heterocycles. The third-order valence-electron chi connectivity index (χ3n) is 2.45. The van der Waals surface area contributed by atoms with Crippen LogP contribution in [0.25, 0.3) is 0 Å². The second-order valence-corrected chi connectivity index (χ2v) is 5.06. The Bertz CT molecular complexity index is 636. The third kappa shape index (κ3) is 3.54. The van der Waals surface area contributed by atoms with Gasteiger partial charge in [-0.05, 0) is 65.1 Å². The summed E-state index contributed by atoms with van der Waals surface area (Å²) < 4.78 is 1.10. The van der Waals surface area contributed by atoms with Crippen molar-refractivity contribution in [3.63, 3.8) is 0 Å². The lowest BCUT2D eigenvalue weighted by Gasteiger charge is -2.00. The zero-order chi connectivity index (χ0) is 13.8. The number of carboxylic acid groups (broad SMARTS) is 1. The van der Waals surface area contributed by atoms with Crippen molar-refractivity contribution in [3.05, 3.63) is 57.2 Å². The van der Waals surface area contributed by atoms with Crippen LogP contribution in [0.5, 0.6) is 5.75 Å². The number of hydrogen-bond acceptors (Lipinski definition) is 3. The summed E-state index contributed by atoms with van der Waals surface area (Å²) in [5.74, 6) is -1.04. The first-order valence-electron chi connectivity index (χ1n) is 5.42. The molecule has 0 aliphatic carbocycles. The Morgan fingerprint density at radius 2 is 1.84 bits per heavy atom. The highest BCUT2D eigenvalue weighted by Gasteiger charge is 2.06. The van der Waals surface area contributed by atoms with E-state index in [1.165, 1.54) is 24.4 Å². The van der Waals surface area contributed by atoms with Crippen molar-refractivity contribution >= 4 is 40.5 Å². The molecule has 0 bridgehead atoms. The van der Waals surface area contributed by atoms with Gasteiger partial charge in [0.05, 0.1) is 11.3 Å². The number of phenolic OH excluding ortho intramolecular Hbond substituents is 1. The van der Waals surface area contributed by atoms with Crippen LogP contribution in [0.1, 0.15) is 15.9 Å². The van der Waals surface area contributed by atoms with E-state index in [1.807, 2.05) is 24.3 Å². The van der Waals surface area contributed by atoms with E-state index in [2.05, 4.69) is 27.6 Å². The minimum Gasteiger partial charge on any atom is -0.507 e. The Morgan fingerprint density at radius 1 is 1.16 bits per heavy atom. The Hall–Kier alpha value is -1.89. The fourth-order valence-electron chi connectivity index (χ4n) is 1.46. The quantitative estimate of drug-likeness (QED) is 0.645. The predicted octanol–water partition coefficient (Wildman–Crippen LogP) is 3.45. The molecule has 0 radical (unpaired) electrons. The summed E-state index contributed by atoms with van der Waals surface area (Å²) in [7, 11) is 0. The van der Waals surface area contributed by atoms with Gasteiger partial charge in [0.25, 0.3) is 0 Å². The fourth-order valence-corrected chi connectivity index (χ4v) is 1.82. The molecular weight excluding hydrogens is 357 g/mol. The van der Waals surface area contributed by atoms with E-state index < -0.39 is 5.97 Å². The average molecular weight is 367 g/mol. The number of nitrogens with zero attached hydrogens (tertiary/aromatic N) is 1. The molecule has 0 spiro atoms. The fraction of sp³-hybridized carbons (Fsp3) is 0. The van der Waals surface area contributed by atoms with Gasteiger partial charge >= 0.3 is 5.97 Å². The smallest absolute Gasteiger partial charge is 0.335 e. The lowest BCUT2D eigenvalue weighted by Crippen LogP contribution is -1.97. The summed E-state index contributed by atoms with van der Waals surface area (Å²) in [6.07, 6.45) is 1.45. The topological polar surface area (TPSA) is 69.9 Å². The van der Waals surface area contributed by atoms with Gasteiger partial charge in [0, 0.05) is 15.3 Å². The zero-order valence-corrected chi connectivity index (χ0v) is 11.9. The molecule has 4 nitrogen and oxygen atoms in total. The van der Waals surface area contributed by atoms with E-state index in [0.717, 1.165) is 9.26 Å². The van der Waals surface area contributed by atoms with Crippen molar-refractivity contribution in [2.75, 3.05) is 0 Å². The third-order valence-corrected chi connectivity index (χ3v) is 3.17. The molecule has 0 atom stereocenters. The summed E-state index contributed by atoms with van der Waals surface area (Å²) in [6, 6.07) is 11.6. The van der Waals surface area contributed by atoms with Gasteiger partial charge in [-0.1, -0.05) is 0 Å². The SMILES string of the molecule is O=C(O)c1ccc(O)c(C=Nc2ccc(I)cc2)c1. The molecule has 0 aliphatic rings. The van der Waals surface area contributed by atoms with Crippen LogP contribution in [0.15, 0.2) is 47.5 Å². The number of phenols is 1. The van der Waals surface area contributed by atoms with E-state index >= 15 is 0 Å². The summed E-state index contributed by atoms with van der Waals surface area (Å²) in [4.78, 5) is 15.0. The molecule has 19 heavy (non-hydrogen) atoms. The number of benzene rings is 2. The summed E-state index contributed by atoms with van der Waals surface area (Å²) >= 11 is 2.20. The molecule has 5 heteroatoms. The number of aromatic hydroxyl groups is 1. The monoisotopic (exact) mass is 367 g/mol. The van der Waals surface area contributed by atoms with Crippen molar-refractivity contribution in [1.82, 2.24) is 0 Å². The first-order valence-corrected chi connectivity index (χ1v) is 6.50. The van der Waals surface area contributed by atoms with Gasteiger partial charge in [0.1, 0.15) is 5.75 Å². The van der Waals surface area contributed by atoms with E-state index in [9.17, 15) is 9.90 Å². The molecule has 2 aromatic carbocycles. The molecule has 2 rings (SSSR count). The number of hydrogen-bond donors (Lipinski definition) is 2. The molecule has 0 saturated carbocycles. The van der Waals surface area contributed by atoms with E-state index in [-0.39, 0.29) is 11.3 Å². The Morgan fingerprint density at radius 3 is 2.47 bits per heavy atom. The van der Waals surface area contributed by atoms with Crippen LogP contribution < -0.4 is 0 Å². The molecule has 2 N–H and O–H groups in total. The van der Waals surface area contributed by atoms with Gasteiger partial charge in [-0.3, -0.25) is 4.99 Å². The van der Waals surface area contributed by atoms with E-state index in [0.29, 0.717) is 5.56 Å². The average Bonchev–Trinajstić information content (AvgIpc) is 2.39. The molecule has 0 amide bonds. The van der Waals surface area contributed by atoms with Crippen LogP contribution >= 0.6 is 22.6 Å². The second-order valence-electron chi connectivity index (χ2n) is 3.81. The number of carboxylic acids is 1. The standard InChI is InChI=1S/C14H10INO3/c15-11-2-4-12(5-3-11)16-8-10-7-9(14(18)19)1-6-13(10)17/h1-8,17H,(H,18,19). The van der Waals surface area contributed by atoms with Crippen LogP contribution in [-0.4, -0.2) is 22.4 Å². The maximum absolute atomic E-state index is 10.8. The maximum Gasteiger partial charge on any atom is 0.335 e. The van der Waals surface area contributed by atoms with Gasteiger partial charge in [-0.2, -0.15) is 0 Å². The van der Waals surface area contributed by atoms with Gasteiger partial charge < -0.3 is 10.2 Å². The van der Waals surface area contributed by atoms with Crippen LogP contribution in [0.4, 0.5) is 5.69 Å². The summed E-state index contributed by atoms with van der Waals surface area (Å²) in [5.41, 5.74) is 1.22. The highest BCUT2D eigenvalue weighted by Crippen LogP contribution is 2.19. The highest BCUT2D eigenvalue weighted by molar-refractivity contribution is 14.1. The Kier molecular flexibility index (Phi) is 4.16. The zero-order valence-electron chi connectivity index (χ0n) is 9.75. The normalized spacial score (nSPS) is 10.8. The minimum atomic E-state index is -1.04. The largest absolute Gasteiger partial charge is 0.507 e. The van der Waals surface area contributed by atoms with E-state index in [4.69, 9.17) is 5.11 Å². The first-order chi connectivity index (χ1) is 9.06. The van der Waals surface area contributed by atoms with Crippen molar-refractivity contribution < 1.29 is 15.0 Å². The lowest BCUT2D eigenvalue weighted by molar-refractivity contribution is 0.0697. The van der Waals surface area contributed by atoms with Gasteiger partial charge in [0.15, 0.2) is 0 Å². The highest BCUT2D eigenvalue weighted by atomic mass is 127. The van der Waals surface area contributed by atoms with Crippen LogP contribution in [0.2, 0.25) is 0 Å². The number of rotatable bonds is 3. The lowest BCUT2D eigenvalue weighted by atomic mass is 10.1. The number of carbonyl (C=O) groups is 1. The second kappa shape index (κ2) is 5.83. The van der Waals surface area contributed by atoms with Crippen LogP contribution in [0, 0.1) is 3.57 Å². The van der Waals surface area contributed by atoms with Gasteiger partial charge in [-0.25, -0.2) is 4.79 Å². The number of aliphatic imine (C=N–C) groups is 1. The van der Waals surface area contributed by atoms with Crippen LogP contribution in [-0.2, 0) is 0 Å². The van der Waals surface area contributed by atoms with Gasteiger partial charge in [0.2, 0.25) is 0 Å². The predicted molar refractivity (Wildman–Crippen MR) is 81.5 cm³/mol. The molecule has 2 aromatic rings. The van der Waals surface area contributed by atoms with Crippen molar-refractivity contribution in [2.24, 2.45) is 4.99 Å². The van der Waals surface area contributed by atoms with Crippen molar-refractivity contribution in [1.29, 1.82) is 0 Å². The van der Waals surface area contributed by atoms with E-state index in [1.54, 1.807) is 0 Å². The van der Waals surface area contributed by atoms with Crippen molar-refractivity contribution in [3.8, 4) is 5.75 Å². The van der Waals surface area contributed by atoms with Crippen LogP contribution in [0.3, 0.4) is 0 Å². The first kappa shape index (κ1) is 13.5. The summed E-state index contributed by atoms with van der Waals surface area (Å²) in [5, 5.41) is 18.5. The maximum atomic E-state index is 10.8.